The SMILES string of the molecule is O=C(NC1CCC1)c1ccc(F)c2c1C=C(N(CCCc1c[nH]c3ccc(F)cc13)C1CCC1)CO2. The highest BCUT2D eigenvalue weighted by Gasteiger charge is 2.31. The molecule has 2 heterocycles. The molecule has 2 fully saturated rings. The number of benzene rings is 2. The fourth-order valence-electron chi connectivity index (χ4n) is 5.45. The van der Waals surface area contributed by atoms with Gasteiger partial charge in [-0.1, -0.05) is 0 Å². The molecule has 3 aromatic rings. The fourth-order valence-corrected chi connectivity index (χ4v) is 5.45. The molecule has 2 aromatic carbocycles. The topological polar surface area (TPSA) is 57.4 Å². The van der Waals surface area contributed by atoms with Crippen LogP contribution >= 0.6 is 0 Å². The Labute approximate surface area is 209 Å². The van der Waals surface area contributed by atoms with Gasteiger partial charge in [0.15, 0.2) is 11.6 Å². The van der Waals surface area contributed by atoms with E-state index in [1.165, 1.54) is 18.6 Å². The van der Waals surface area contributed by atoms with Gasteiger partial charge in [-0.05, 0) is 93.3 Å². The molecule has 0 radical (unpaired) electrons. The Hall–Kier alpha value is -3.35. The number of hydrogen-bond acceptors (Lipinski definition) is 3. The largest absolute Gasteiger partial charge is 0.484 e. The number of ether oxygens (including phenoxy) is 1. The minimum Gasteiger partial charge on any atom is -0.484 e. The van der Waals surface area contributed by atoms with Crippen LogP contribution in [-0.4, -0.2) is 41.0 Å². The number of nitrogens with zero attached hydrogens (tertiary/aromatic N) is 1. The lowest BCUT2D eigenvalue weighted by atomic mass is 9.90. The predicted molar refractivity (Wildman–Crippen MR) is 136 cm³/mol. The van der Waals surface area contributed by atoms with Crippen molar-refractivity contribution >= 4 is 22.9 Å². The van der Waals surface area contributed by atoms with Crippen molar-refractivity contribution in [2.24, 2.45) is 0 Å². The van der Waals surface area contributed by atoms with Crippen LogP contribution in [-0.2, 0) is 6.42 Å². The first-order chi connectivity index (χ1) is 17.6. The van der Waals surface area contributed by atoms with Crippen molar-refractivity contribution in [3.63, 3.8) is 0 Å². The molecule has 5 nitrogen and oxygen atoms in total. The van der Waals surface area contributed by atoms with Crippen LogP contribution in [0.2, 0.25) is 0 Å². The molecule has 36 heavy (non-hydrogen) atoms. The molecule has 2 saturated carbocycles. The van der Waals surface area contributed by atoms with Crippen LogP contribution in [0.3, 0.4) is 0 Å². The first kappa shape index (κ1) is 23.1. The zero-order valence-corrected chi connectivity index (χ0v) is 20.3. The molecule has 0 unspecified atom stereocenters. The second kappa shape index (κ2) is 9.60. The van der Waals surface area contributed by atoms with E-state index in [9.17, 15) is 13.6 Å². The summed E-state index contributed by atoms with van der Waals surface area (Å²) in [6.07, 6.45) is 12.2. The maximum Gasteiger partial charge on any atom is 0.252 e. The molecule has 1 amide bonds. The number of aromatic amines is 1. The number of hydrogen-bond donors (Lipinski definition) is 2. The average Bonchev–Trinajstić information content (AvgIpc) is 3.21. The van der Waals surface area contributed by atoms with E-state index in [1.54, 1.807) is 18.2 Å². The minimum atomic E-state index is -0.442. The Balaban J connectivity index is 1.23. The third-order valence-corrected chi connectivity index (χ3v) is 7.97. The molecule has 0 bridgehead atoms. The zero-order valence-electron chi connectivity index (χ0n) is 20.3. The lowest BCUT2D eigenvalue weighted by Crippen LogP contribution is -2.42. The number of carbonyl (C=O) groups is 1. The molecule has 1 aromatic heterocycles. The maximum absolute atomic E-state index is 14.6. The van der Waals surface area contributed by atoms with Gasteiger partial charge < -0.3 is 19.9 Å². The highest BCUT2D eigenvalue weighted by Crippen LogP contribution is 2.36. The molecule has 1 aliphatic heterocycles. The summed E-state index contributed by atoms with van der Waals surface area (Å²) in [6.45, 7) is 1.10. The monoisotopic (exact) mass is 491 g/mol. The summed E-state index contributed by atoms with van der Waals surface area (Å²) in [5.74, 6) is -0.678. The number of H-pyrrole nitrogens is 1. The van der Waals surface area contributed by atoms with E-state index in [-0.39, 0.29) is 30.1 Å². The smallest absolute Gasteiger partial charge is 0.252 e. The first-order valence-corrected chi connectivity index (χ1v) is 13.1. The lowest BCUT2D eigenvalue weighted by molar-refractivity contribution is 0.0915. The Morgan fingerprint density at radius 2 is 1.94 bits per heavy atom. The van der Waals surface area contributed by atoms with E-state index in [4.69, 9.17) is 4.74 Å². The van der Waals surface area contributed by atoms with Crippen molar-refractivity contribution in [3.8, 4) is 5.75 Å². The quantitative estimate of drug-likeness (QED) is 0.410. The van der Waals surface area contributed by atoms with Crippen molar-refractivity contribution in [2.75, 3.05) is 13.2 Å². The summed E-state index contributed by atoms with van der Waals surface area (Å²) in [6, 6.07) is 8.34. The number of rotatable bonds is 8. The number of carbonyl (C=O) groups excluding carboxylic acids is 1. The standard InChI is InChI=1S/C29H31F2N3O2/c30-19-9-12-27-24(14-19)18(16-32-27)4-3-13-34(21-7-2-8-21)22-15-25-23(29(35)33-20-5-1-6-20)10-11-26(31)28(25)36-17-22/h9-12,14-16,20-21,32H,1-8,13,17H2,(H,33,35). The molecule has 0 saturated heterocycles. The first-order valence-electron chi connectivity index (χ1n) is 13.1. The summed E-state index contributed by atoms with van der Waals surface area (Å²) >= 11 is 0. The third kappa shape index (κ3) is 4.36. The second-order valence-corrected chi connectivity index (χ2v) is 10.2. The zero-order chi connectivity index (χ0) is 24.6. The number of halogens is 2. The van der Waals surface area contributed by atoms with Gasteiger partial charge in [-0.3, -0.25) is 4.79 Å². The van der Waals surface area contributed by atoms with E-state index >= 15 is 0 Å². The van der Waals surface area contributed by atoms with E-state index in [0.717, 1.165) is 73.7 Å². The summed E-state index contributed by atoms with van der Waals surface area (Å²) < 4.78 is 34.3. The van der Waals surface area contributed by atoms with Crippen molar-refractivity contribution in [1.29, 1.82) is 0 Å². The summed E-state index contributed by atoms with van der Waals surface area (Å²) in [7, 11) is 0. The van der Waals surface area contributed by atoms with Crippen LogP contribution in [0.4, 0.5) is 8.78 Å². The fraction of sp³-hybridized carbons (Fsp3) is 0.414. The van der Waals surface area contributed by atoms with Gasteiger partial charge in [0.25, 0.3) is 5.91 Å². The number of amides is 1. The number of aryl methyl sites for hydroxylation is 1. The Morgan fingerprint density at radius 1 is 1.11 bits per heavy atom. The number of nitrogens with one attached hydrogen (secondary N) is 2. The van der Waals surface area contributed by atoms with Gasteiger partial charge in [0, 0.05) is 41.3 Å². The van der Waals surface area contributed by atoms with E-state index in [2.05, 4.69) is 15.2 Å². The summed E-state index contributed by atoms with van der Waals surface area (Å²) in [5.41, 5.74) is 4.03. The Kier molecular flexibility index (Phi) is 6.15. The maximum atomic E-state index is 14.6. The van der Waals surface area contributed by atoms with E-state index in [0.29, 0.717) is 17.2 Å². The normalized spacial score (nSPS) is 17.6. The molecule has 2 aliphatic carbocycles. The van der Waals surface area contributed by atoms with Gasteiger partial charge in [0.05, 0.1) is 11.3 Å². The van der Waals surface area contributed by atoms with Gasteiger partial charge >= 0.3 is 0 Å². The van der Waals surface area contributed by atoms with Gasteiger partial charge in [-0.25, -0.2) is 8.78 Å². The van der Waals surface area contributed by atoms with E-state index in [1.807, 2.05) is 12.3 Å². The van der Waals surface area contributed by atoms with Gasteiger partial charge in [-0.15, -0.1) is 0 Å². The van der Waals surface area contributed by atoms with Gasteiger partial charge in [0.2, 0.25) is 0 Å². The van der Waals surface area contributed by atoms with Crippen molar-refractivity contribution in [2.45, 2.75) is 63.5 Å². The molecule has 2 N–H and O–H groups in total. The molecular formula is C29H31F2N3O2. The number of aromatic nitrogens is 1. The van der Waals surface area contributed by atoms with Crippen LogP contribution in [0.25, 0.3) is 17.0 Å². The summed E-state index contributed by atoms with van der Waals surface area (Å²) in [5, 5.41) is 4.00. The third-order valence-electron chi connectivity index (χ3n) is 7.97. The average molecular weight is 492 g/mol. The van der Waals surface area contributed by atoms with Crippen molar-refractivity contribution in [1.82, 2.24) is 15.2 Å². The second-order valence-electron chi connectivity index (χ2n) is 10.2. The van der Waals surface area contributed by atoms with Crippen LogP contribution in [0.5, 0.6) is 5.75 Å². The van der Waals surface area contributed by atoms with E-state index < -0.39 is 5.82 Å². The lowest BCUT2D eigenvalue weighted by Gasteiger charge is -2.41. The van der Waals surface area contributed by atoms with Gasteiger partial charge in [0.1, 0.15) is 12.4 Å². The Bertz CT molecular complexity index is 1320. The van der Waals surface area contributed by atoms with Crippen LogP contribution < -0.4 is 10.1 Å². The molecule has 0 spiro atoms. The highest BCUT2D eigenvalue weighted by molar-refractivity contribution is 5.99. The highest BCUT2D eigenvalue weighted by atomic mass is 19.1. The number of fused-ring (bicyclic) bond motifs is 2. The van der Waals surface area contributed by atoms with Crippen molar-refractivity contribution < 1.29 is 18.3 Å². The molecule has 188 valence electrons. The molecule has 6 rings (SSSR count). The predicted octanol–water partition coefficient (Wildman–Crippen LogP) is 5.95. The summed E-state index contributed by atoms with van der Waals surface area (Å²) in [4.78, 5) is 18.6. The van der Waals surface area contributed by atoms with Crippen molar-refractivity contribution in [3.05, 3.63) is 70.6 Å². The minimum absolute atomic E-state index is 0.161. The molecular weight excluding hydrogens is 460 g/mol. The van der Waals surface area contributed by atoms with Gasteiger partial charge in [-0.2, -0.15) is 0 Å². The van der Waals surface area contributed by atoms with Crippen LogP contribution in [0.15, 0.2) is 42.2 Å². The Morgan fingerprint density at radius 3 is 2.69 bits per heavy atom. The molecule has 3 aliphatic rings. The molecule has 7 heteroatoms. The van der Waals surface area contributed by atoms with Crippen LogP contribution in [0, 0.1) is 11.6 Å². The van der Waals surface area contributed by atoms with Crippen LogP contribution in [0.1, 0.15) is 66.4 Å². The molecule has 0 atom stereocenters.